The molecule has 0 aromatic carbocycles. The minimum Gasteiger partial charge on any atom is -0.481 e. The summed E-state index contributed by atoms with van der Waals surface area (Å²) in [5.41, 5.74) is 0. The van der Waals surface area contributed by atoms with Crippen LogP contribution in [0.4, 0.5) is 0 Å². The molecule has 426 valence electrons. The third-order valence-corrected chi connectivity index (χ3v) is 12.5. The first-order valence-electron chi connectivity index (χ1n) is 26.9. The second-order valence-electron chi connectivity index (χ2n) is 22.1. The van der Waals surface area contributed by atoms with Gasteiger partial charge in [0.05, 0.1) is 18.9 Å². The number of unbranched alkanes of at least 4 members (excludes halogenated alkanes) is 5. The summed E-state index contributed by atoms with van der Waals surface area (Å²) in [5, 5.41) is 57.3. The van der Waals surface area contributed by atoms with Crippen molar-refractivity contribution in [2.45, 2.75) is 241 Å². The zero-order valence-corrected chi connectivity index (χ0v) is 46.5. The molecule has 21 nitrogen and oxygen atoms in total. The zero-order valence-electron chi connectivity index (χ0n) is 46.5. The van der Waals surface area contributed by atoms with Gasteiger partial charge in [0, 0.05) is 6.42 Å². The van der Waals surface area contributed by atoms with Crippen molar-refractivity contribution in [1.82, 2.24) is 37.2 Å². The van der Waals surface area contributed by atoms with Crippen molar-refractivity contribution in [1.29, 1.82) is 0 Å². The Labute approximate surface area is 439 Å². The van der Waals surface area contributed by atoms with Crippen molar-refractivity contribution in [2.24, 2.45) is 35.5 Å². The number of aliphatic carboxylic acids is 3. The van der Waals surface area contributed by atoms with Crippen LogP contribution in [0.25, 0.3) is 0 Å². The molecule has 74 heavy (non-hydrogen) atoms. The fourth-order valence-corrected chi connectivity index (χ4v) is 8.22. The first kappa shape index (κ1) is 68.7. The van der Waals surface area contributed by atoms with Crippen LogP contribution in [-0.4, -0.2) is 128 Å². The molecule has 0 rings (SSSR count). The number of carbonyl (C=O) groups is 10. The van der Waals surface area contributed by atoms with E-state index in [1.165, 1.54) is 19.3 Å². The highest BCUT2D eigenvalue weighted by atomic mass is 16.4. The predicted octanol–water partition coefficient (Wildman–Crippen LogP) is 4.56. The number of hydrogen-bond donors (Lipinski definition) is 11. The number of aliphatic hydroxyl groups is 1. The van der Waals surface area contributed by atoms with E-state index in [1.807, 2.05) is 0 Å². The maximum atomic E-state index is 14.1. The van der Waals surface area contributed by atoms with Crippen molar-refractivity contribution in [2.75, 3.05) is 0 Å². The molecular weight excluding hydrogens is 959 g/mol. The Morgan fingerprint density at radius 2 is 0.770 bits per heavy atom. The molecule has 0 heterocycles. The van der Waals surface area contributed by atoms with Gasteiger partial charge in [-0.1, -0.05) is 134 Å². The first-order valence-corrected chi connectivity index (χ1v) is 26.9. The van der Waals surface area contributed by atoms with Crippen molar-refractivity contribution in [3.8, 4) is 0 Å². The Morgan fingerprint density at radius 3 is 1.18 bits per heavy atom. The number of carboxylic acid groups (broad SMARTS) is 3. The lowest BCUT2D eigenvalue weighted by Crippen LogP contribution is -2.61. The van der Waals surface area contributed by atoms with Crippen LogP contribution in [-0.2, 0) is 47.9 Å². The summed E-state index contributed by atoms with van der Waals surface area (Å²) in [6.07, 6.45) is 6.03. The largest absolute Gasteiger partial charge is 0.481 e. The van der Waals surface area contributed by atoms with Crippen LogP contribution in [0.15, 0.2) is 0 Å². The molecule has 7 amide bonds. The van der Waals surface area contributed by atoms with Crippen LogP contribution in [0.5, 0.6) is 0 Å². The second kappa shape index (κ2) is 36.6. The van der Waals surface area contributed by atoms with Crippen LogP contribution in [0.3, 0.4) is 0 Å². The van der Waals surface area contributed by atoms with E-state index in [0.29, 0.717) is 12.8 Å². The Balaban J connectivity index is 6.23. The van der Waals surface area contributed by atoms with Gasteiger partial charge < -0.3 is 57.6 Å². The Kier molecular flexibility index (Phi) is 33.9. The summed E-state index contributed by atoms with van der Waals surface area (Å²) < 4.78 is 0. The van der Waals surface area contributed by atoms with Crippen molar-refractivity contribution in [3.63, 3.8) is 0 Å². The summed E-state index contributed by atoms with van der Waals surface area (Å²) in [6.45, 7) is 21.8. The van der Waals surface area contributed by atoms with E-state index in [4.69, 9.17) is 0 Å². The minimum absolute atomic E-state index is 0.0424. The number of amides is 7. The lowest BCUT2D eigenvalue weighted by molar-refractivity contribution is -0.143. The quantitative estimate of drug-likeness (QED) is 0.0375. The van der Waals surface area contributed by atoms with Crippen LogP contribution in [0.1, 0.15) is 192 Å². The third kappa shape index (κ3) is 30.8. The highest BCUT2D eigenvalue weighted by Crippen LogP contribution is 2.17. The van der Waals surface area contributed by atoms with E-state index in [0.717, 1.165) is 31.6 Å². The number of carboxylic acids is 3. The number of carbonyl (C=O) groups excluding carboxylic acids is 7. The third-order valence-electron chi connectivity index (χ3n) is 12.5. The molecule has 0 fully saturated rings. The highest BCUT2D eigenvalue weighted by Gasteiger charge is 2.36. The van der Waals surface area contributed by atoms with Crippen LogP contribution >= 0.6 is 0 Å². The Hall–Kier alpha value is -5.34. The second-order valence-corrected chi connectivity index (χ2v) is 22.1. The van der Waals surface area contributed by atoms with Gasteiger partial charge in [0.25, 0.3) is 0 Å². The summed E-state index contributed by atoms with van der Waals surface area (Å²) in [5.74, 6) is -10.6. The lowest BCUT2D eigenvalue weighted by Gasteiger charge is -2.29. The van der Waals surface area contributed by atoms with E-state index in [2.05, 4.69) is 51.1 Å². The van der Waals surface area contributed by atoms with Gasteiger partial charge >= 0.3 is 17.9 Å². The summed E-state index contributed by atoms with van der Waals surface area (Å²) in [7, 11) is 0. The van der Waals surface area contributed by atoms with E-state index >= 15 is 0 Å². The van der Waals surface area contributed by atoms with Gasteiger partial charge in [-0.2, -0.15) is 0 Å². The van der Waals surface area contributed by atoms with Crippen molar-refractivity contribution >= 4 is 59.3 Å². The van der Waals surface area contributed by atoms with Gasteiger partial charge in [0.1, 0.15) is 42.3 Å². The van der Waals surface area contributed by atoms with Gasteiger partial charge in [-0.25, -0.2) is 4.79 Å². The van der Waals surface area contributed by atoms with E-state index in [9.17, 15) is 68.4 Å². The maximum Gasteiger partial charge on any atom is 0.326 e. The minimum atomic E-state index is -1.75. The zero-order chi connectivity index (χ0) is 56.8. The van der Waals surface area contributed by atoms with Gasteiger partial charge in [-0.3, -0.25) is 43.2 Å². The van der Waals surface area contributed by atoms with E-state index < -0.39 is 126 Å². The topological polar surface area (TPSA) is 336 Å². The summed E-state index contributed by atoms with van der Waals surface area (Å²) >= 11 is 0. The van der Waals surface area contributed by atoms with Crippen LogP contribution < -0.4 is 37.2 Å². The standard InChI is InChI=1S/C53H95N7O14/c1-13-35(12)20-18-16-14-15-17-19-21-36(61)28-43(62)54-37(22-23-44(63)64)47(67)55-38(24-30(2)3)48(68)57-40(26-32(6)7)51(71)60-46(34(10)11)52(72)58-41(29-45(65)66)50(70)56-39(25-31(4)5)49(69)59-42(53(73)74)27-33(8)9/h30-42,46,61H,13-29H2,1-12H3,(H,54,62)(H,55,67)(H,56,70)(H,57,68)(H,58,72)(H,59,69)(H,60,71)(H,63,64)(H,65,66)(H,73,74)/t35?,36-,37+,38+,39-,40-,41+,42+,46+/m1/s1. The monoisotopic (exact) mass is 1050 g/mol. The first-order chi connectivity index (χ1) is 34.5. The van der Waals surface area contributed by atoms with E-state index in [1.54, 1.807) is 69.2 Å². The Morgan fingerprint density at radius 1 is 0.392 bits per heavy atom. The molecule has 0 saturated heterocycles. The molecule has 0 aromatic rings. The number of rotatable bonds is 40. The molecule has 0 aliphatic rings. The molecule has 1 unspecified atom stereocenters. The predicted molar refractivity (Wildman–Crippen MR) is 280 cm³/mol. The lowest BCUT2D eigenvalue weighted by atomic mass is 9.98. The molecule has 0 bridgehead atoms. The highest BCUT2D eigenvalue weighted by molar-refractivity contribution is 5.98. The summed E-state index contributed by atoms with van der Waals surface area (Å²) in [4.78, 5) is 131. The molecule has 0 aliphatic carbocycles. The van der Waals surface area contributed by atoms with Gasteiger partial charge in [0.15, 0.2) is 0 Å². The van der Waals surface area contributed by atoms with Crippen LogP contribution in [0.2, 0.25) is 0 Å². The molecule has 11 N–H and O–H groups in total. The fraction of sp³-hybridized carbons (Fsp3) is 0.811. The average Bonchev–Trinajstić information content (AvgIpc) is 3.27. The van der Waals surface area contributed by atoms with E-state index in [-0.39, 0.29) is 62.2 Å². The molecular formula is C53H95N7O14. The van der Waals surface area contributed by atoms with Crippen LogP contribution in [0, 0.1) is 35.5 Å². The molecule has 0 aromatic heterocycles. The fourth-order valence-electron chi connectivity index (χ4n) is 8.22. The molecule has 9 atom stereocenters. The molecule has 0 spiro atoms. The molecule has 21 heteroatoms. The number of aliphatic hydroxyl groups excluding tert-OH is 1. The molecule has 0 aliphatic heterocycles. The van der Waals surface area contributed by atoms with Gasteiger partial charge in [-0.15, -0.1) is 0 Å². The average molecular weight is 1050 g/mol. The van der Waals surface area contributed by atoms with Gasteiger partial charge in [-0.05, 0) is 74.0 Å². The summed E-state index contributed by atoms with van der Waals surface area (Å²) in [6, 6.07) is -9.65. The Bertz CT molecular complexity index is 1790. The smallest absolute Gasteiger partial charge is 0.326 e. The van der Waals surface area contributed by atoms with Crippen molar-refractivity contribution in [3.05, 3.63) is 0 Å². The SMILES string of the molecule is CCC(C)CCCCCCCC[C@@H](O)CC(=O)N[C@@H](CCC(=O)O)C(=O)N[C@@H](CC(C)C)C(=O)N[C@H](CC(C)C)C(=O)N[C@H](C(=O)N[C@@H](CC(=O)O)C(=O)N[C@H](CC(C)C)C(=O)N[C@@H](CC(C)C)C(=O)O)C(C)C. The van der Waals surface area contributed by atoms with Crippen molar-refractivity contribution < 1.29 is 68.4 Å². The molecule has 0 radical (unpaired) electrons. The van der Waals surface area contributed by atoms with Gasteiger partial charge in [0.2, 0.25) is 41.4 Å². The molecule has 0 saturated carbocycles. The number of nitrogens with one attached hydrogen (secondary N) is 7. The maximum absolute atomic E-state index is 14.1. The number of hydrogen-bond acceptors (Lipinski definition) is 11. The normalized spacial score (nSPS) is 15.2.